The number of amides is 2. The number of benzene rings is 1. The maximum absolute atomic E-state index is 12.1. The standard InChI is InChI=1S/C18H26N2O3/c1-13-6-7-14(2)16(11-13)23-10-4-3-5-17(21)20-9-8-15(12-20)18(19)22/h6-7,11,15H,3-5,8-10,12H2,1-2H3,(H2,19,22). The summed E-state index contributed by atoms with van der Waals surface area (Å²) in [4.78, 5) is 25.0. The molecule has 1 saturated heterocycles. The summed E-state index contributed by atoms with van der Waals surface area (Å²) in [6.07, 6.45) is 2.83. The van der Waals surface area contributed by atoms with Crippen LogP contribution in [0.1, 0.15) is 36.8 Å². The average Bonchev–Trinajstić information content (AvgIpc) is 3.00. The van der Waals surface area contributed by atoms with E-state index in [1.165, 1.54) is 5.56 Å². The zero-order valence-electron chi connectivity index (χ0n) is 14.0. The summed E-state index contributed by atoms with van der Waals surface area (Å²) >= 11 is 0. The number of carbonyl (C=O) groups is 2. The molecular formula is C18H26N2O3. The fourth-order valence-electron chi connectivity index (χ4n) is 2.80. The van der Waals surface area contributed by atoms with Crippen LogP contribution in [0, 0.1) is 19.8 Å². The lowest BCUT2D eigenvalue weighted by Gasteiger charge is -2.16. The number of aryl methyl sites for hydroxylation is 2. The minimum atomic E-state index is -0.303. The molecular weight excluding hydrogens is 292 g/mol. The maximum atomic E-state index is 12.1. The number of nitrogens with two attached hydrogens (primary N) is 1. The van der Waals surface area contributed by atoms with E-state index >= 15 is 0 Å². The van der Waals surface area contributed by atoms with E-state index in [1.807, 2.05) is 19.9 Å². The molecule has 5 nitrogen and oxygen atoms in total. The molecule has 0 spiro atoms. The van der Waals surface area contributed by atoms with Crippen molar-refractivity contribution in [3.8, 4) is 5.75 Å². The first kappa shape index (κ1) is 17.3. The number of likely N-dealkylation sites (tertiary alicyclic amines) is 1. The number of nitrogens with zero attached hydrogens (tertiary/aromatic N) is 1. The number of carbonyl (C=O) groups excluding carboxylic acids is 2. The Bertz CT molecular complexity index is 571. The average molecular weight is 318 g/mol. The monoisotopic (exact) mass is 318 g/mol. The molecule has 1 heterocycles. The van der Waals surface area contributed by atoms with Crippen LogP contribution in [-0.2, 0) is 9.59 Å². The van der Waals surface area contributed by atoms with Crippen LogP contribution in [0.25, 0.3) is 0 Å². The van der Waals surface area contributed by atoms with Gasteiger partial charge in [0.05, 0.1) is 12.5 Å². The van der Waals surface area contributed by atoms with Crippen molar-refractivity contribution >= 4 is 11.8 Å². The molecule has 126 valence electrons. The molecule has 2 rings (SSSR count). The molecule has 0 saturated carbocycles. The summed E-state index contributed by atoms with van der Waals surface area (Å²) in [7, 11) is 0. The SMILES string of the molecule is Cc1ccc(C)c(OCCCCC(=O)N2CCC(C(N)=O)C2)c1. The molecule has 2 amide bonds. The van der Waals surface area contributed by atoms with Gasteiger partial charge < -0.3 is 15.4 Å². The molecule has 1 aliphatic rings. The number of hydrogen-bond donors (Lipinski definition) is 1. The van der Waals surface area contributed by atoms with E-state index in [9.17, 15) is 9.59 Å². The molecule has 0 radical (unpaired) electrons. The van der Waals surface area contributed by atoms with Crippen molar-refractivity contribution in [1.82, 2.24) is 4.90 Å². The third-order valence-corrected chi connectivity index (χ3v) is 4.33. The van der Waals surface area contributed by atoms with Gasteiger partial charge in [-0.15, -0.1) is 0 Å². The van der Waals surface area contributed by atoms with E-state index in [0.29, 0.717) is 32.5 Å². The second kappa shape index (κ2) is 7.99. The van der Waals surface area contributed by atoms with Gasteiger partial charge in [0.1, 0.15) is 5.75 Å². The van der Waals surface area contributed by atoms with Gasteiger partial charge in [-0.05, 0) is 50.3 Å². The molecule has 0 bridgehead atoms. The van der Waals surface area contributed by atoms with Crippen molar-refractivity contribution in [2.24, 2.45) is 11.7 Å². The summed E-state index contributed by atoms with van der Waals surface area (Å²) in [5.74, 6) is 0.550. The predicted octanol–water partition coefficient (Wildman–Crippen LogP) is 2.19. The maximum Gasteiger partial charge on any atom is 0.222 e. The minimum absolute atomic E-state index is 0.112. The molecule has 0 aromatic heterocycles. The van der Waals surface area contributed by atoms with Gasteiger partial charge in [-0.25, -0.2) is 0 Å². The van der Waals surface area contributed by atoms with Crippen LogP contribution in [-0.4, -0.2) is 36.4 Å². The molecule has 2 N–H and O–H groups in total. The van der Waals surface area contributed by atoms with E-state index in [2.05, 4.69) is 12.1 Å². The summed E-state index contributed by atoms with van der Waals surface area (Å²) < 4.78 is 5.79. The summed E-state index contributed by atoms with van der Waals surface area (Å²) in [5.41, 5.74) is 7.59. The highest BCUT2D eigenvalue weighted by molar-refractivity contribution is 5.81. The Balaban J connectivity index is 1.65. The van der Waals surface area contributed by atoms with Gasteiger partial charge in [0, 0.05) is 19.5 Å². The van der Waals surface area contributed by atoms with Gasteiger partial charge in [-0.2, -0.15) is 0 Å². The number of ether oxygens (including phenoxy) is 1. The zero-order valence-corrected chi connectivity index (χ0v) is 14.0. The Hall–Kier alpha value is -2.04. The smallest absolute Gasteiger partial charge is 0.222 e. The lowest BCUT2D eigenvalue weighted by molar-refractivity contribution is -0.130. The Morgan fingerprint density at radius 2 is 2.09 bits per heavy atom. The Morgan fingerprint density at radius 3 is 2.78 bits per heavy atom. The molecule has 5 heteroatoms. The molecule has 1 aliphatic heterocycles. The number of rotatable bonds is 7. The summed E-state index contributed by atoms with van der Waals surface area (Å²) in [5, 5.41) is 0. The van der Waals surface area contributed by atoms with Crippen LogP contribution >= 0.6 is 0 Å². The first-order valence-electron chi connectivity index (χ1n) is 8.24. The van der Waals surface area contributed by atoms with Gasteiger partial charge in [0.2, 0.25) is 11.8 Å². The van der Waals surface area contributed by atoms with Crippen molar-refractivity contribution in [2.45, 2.75) is 39.5 Å². The summed E-state index contributed by atoms with van der Waals surface area (Å²) in [6, 6.07) is 6.15. The van der Waals surface area contributed by atoms with Crippen molar-refractivity contribution in [3.63, 3.8) is 0 Å². The van der Waals surface area contributed by atoms with E-state index in [0.717, 1.165) is 24.2 Å². The van der Waals surface area contributed by atoms with Crippen LogP contribution in [0.5, 0.6) is 5.75 Å². The fraction of sp³-hybridized carbons (Fsp3) is 0.556. The molecule has 1 unspecified atom stereocenters. The highest BCUT2D eigenvalue weighted by Crippen LogP contribution is 2.20. The molecule has 1 aromatic rings. The first-order valence-corrected chi connectivity index (χ1v) is 8.24. The number of primary amides is 1. The zero-order chi connectivity index (χ0) is 16.8. The van der Waals surface area contributed by atoms with Gasteiger partial charge in [-0.1, -0.05) is 12.1 Å². The minimum Gasteiger partial charge on any atom is -0.493 e. The third-order valence-electron chi connectivity index (χ3n) is 4.33. The Kier molecular flexibility index (Phi) is 6.02. The molecule has 1 fully saturated rings. The predicted molar refractivity (Wildman–Crippen MR) is 89.1 cm³/mol. The molecule has 23 heavy (non-hydrogen) atoms. The lowest BCUT2D eigenvalue weighted by atomic mass is 10.1. The Labute approximate surface area is 137 Å². The first-order chi connectivity index (χ1) is 11.0. The Morgan fingerprint density at radius 1 is 1.30 bits per heavy atom. The van der Waals surface area contributed by atoms with Crippen LogP contribution in [0.15, 0.2) is 18.2 Å². The van der Waals surface area contributed by atoms with Gasteiger partial charge in [-0.3, -0.25) is 9.59 Å². The second-order valence-electron chi connectivity index (χ2n) is 6.30. The van der Waals surface area contributed by atoms with E-state index in [1.54, 1.807) is 4.90 Å². The van der Waals surface area contributed by atoms with E-state index in [-0.39, 0.29) is 17.7 Å². The van der Waals surface area contributed by atoms with Crippen molar-refractivity contribution < 1.29 is 14.3 Å². The molecule has 0 aliphatic carbocycles. The number of unbranched alkanes of at least 4 members (excludes halogenated alkanes) is 1. The fourth-order valence-corrected chi connectivity index (χ4v) is 2.80. The van der Waals surface area contributed by atoms with Crippen molar-refractivity contribution in [1.29, 1.82) is 0 Å². The quantitative estimate of drug-likeness (QED) is 0.783. The summed E-state index contributed by atoms with van der Waals surface area (Å²) in [6.45, 7) is 5.81. The highest BCUT2D eigenvalue weighted by atomic mass is 16.5. The highest BCUT2D eigenvalue weighted by Gasteiger charge is 2.29. The lowest BCUT2D eigenvalue weighted by Crippen LogP contribution is -2.31. The molecule has 1 aromatic carbocycles. The topological polar surface area (TPSA) is 72.6 Å². The van der Waals surface area contributed by atoms with Crippen LogP contribution < -0.4 is 10.5 Å². The second-order valence-corrected chi connectivity index (χ2v) is 6.30. The third kappa shape index (κ3) is 4.98. The van der Waals surface area contributed by atoms with E-state index in [4.69, 9.17) is 10.5 Å². The van der Waals surface area contributed by atoms with E-state index < -0.39 is 0 Å². The van der Waals surface area contributed by atoms with Crippen LogP contribution in [0.4, 0.5) is 0 Å². The van der Waals surface area contributed by atoms with Crippen LogP contribution in [0.3, 0.4) is 0 Å². The van der Waals surface area contributed by atoms with Gasteiger partial charge in [0.15, 0.2) is 0 Å². The van der Waals surface area contributed by atoms with Crippen molar-refractivity contribution in [3.05, 3.63) is 29.3 Å². The number of hydrogen-bond acceptors (Lipinski definition) is 3. The van der Waals surface area contributed by atoms with Crippen LogP contribution in [0.2, 0.25) is 0 Å². The van der Waals surface area contributed by atoms with Crippen molar-refractivity contribution in [2.75, 3.05) is 19.7 Å². The normalized spacial score (nSPS) is 17.3. The largest absolute Gasteiger partial charge is 0.493 e. The van der Waals surface area contributed by atoms with Gasteiger partial charge in [0.25, 0.3) is 0 Å². The van der Waals surface area contributed by atoms with Gasteiger partial charge >= 0.3 is 0 Å². The molecule has 1 atom stereocenters.